The zero-order chi connectivity index (χ0) is 12.1. The van der Waals surface area contributed by atoms with E-state index in [0.29, 0.717) is 11.8 Å². The highest BCUT2D eigenvalue weighted by Gasteiger charge is 2.09. The lowest BCUT2D eigenvalue weighted by molar-refractivity contribution is 0.438. The second-order valence-electron chi connectivity index (χ2n) is 4.75. The number of nitrogens with zero attached hydrogens (tertiary/aromatic N) is 2. The Bertz CT molecular complexity index is 339. The van der Waals surface area contributed by atoms with Gasteiger partial charge in [0.05, 0.1) is 5.69 Å². The first-order valence-corrected chi connectivity index (χ1v) is 5.93. The number of rotatable bonds is 6. The highest BCUT2D eigenvalue weighted by atomic mass is 15.2. The molecule has 1 heterocycles. The van der Waals surface area contributed by atoms with Crippen LogP contribution >= 0.6 is 0 Å². The van der Waals surface area contributed by atoms with Gasteiger partial charge >= 0.3 is 0 Å². The van der Waals surface area contributed by atoms with Gasteiger partial charge in [0.1, 0.15) is 0 Å². The van der Waals surface area contributed by atoms with Gasteiger partial charge in [0, 0.05) is 19.3 Å². The Morgan fingerprint density at radius 3 is 2.75 bits per heavy atom. The van der Waals surface area contributed by atoms with Crippen LogP contribution in [-0.4, -0.2) is 16.1 Å². The standard InChI is InChI=1S/C13H23N3/c1-6-7-16-9-12(5)15-13(16)14-8-11(4)10(2)3/h6,9-11H,1,7-8H2,2-5H3,(H,14,15). The molecular formula is C13H23N3. The van der Waals surface area contributed by atoms with Crippen LogP contribution in [0, 0.1) is 18.8 Å². The number of anilines is 1. The lowest BCUT2D eigenvalue weighted by Gasteiger charge is -2.16. The van der Waals surface area contributed by atoms with Crippen molar-refractivity contribution < 1.29 is 0 Å². The molecule has 0 aliphatic heterocycles. The molecule has 0 amide bonds. The Labute approximate surface area is 98.6 Å². The molecule has 0 spiro atoms. The van der Waals surface area contributed by atoms with Gasteiger partial charge in [-0.3, -0.25) is 0 Å². The Balaban J connectivity index is 2.62. The Hall–Kier alpha value is -1.25. The van der Waals surface area contributed by atoms with Gasteiger partial charge in [0.2, 0.25) is 5.95 Å². The lowest BCUT2D eigenvalue weighted by atomic mass is 9.98. The summed E-state index contributed by atoms with van der Waals surface area (Å²) in [5.41, 5.74) is 1.04. The number of aryl methyl sites for hydroxylation is 1. The van der Waals surface area contributed by atoms with E-state index in [2.05, 4.69) is 42.2 Å². The van der Waals surface area contributed by atoms with Crippen LogP contribution in [0.3, 0.4) is 0 Å². The Kier molecular flexibility index (Phi) is 4.59. The molecule has 0 aliphatic carbocycles. The van der Waals surface area contributed by atoms with E-state index in [9.17, 15) is 0 Å². The Morgan fingerprint density at radius 2 is 2.19 bits per heavy atom. The molecule has 0 bridgehead atoms. The normalized spacial score (nSPS) is 12.8. The number of nitrogens with one attached hydrogen (secondary N) is 1. The molecular weight excluding hydrogens is 198 g/mol. The molecule has 1 aromatic rings. The van der Waals surface area contributed by atoms with Gasteiger partial charge in [-0.2, -0.15) is 0 Å². The van der Waals surface area contributed by atoms with Crippen LogP contribution in [0.5, 0.6) is 0 Å². The number of imidazole rings is 1. The molecule has 0 saturated heterocycles. The average Bonchev–Trinajstić information content (AvgIpc) is 2.56. The molecule has 0 radical (unpaired) electrons. The third kappa shape index (κ3) is 3.40. The van der Waals surface area contributed by atoms with Crippen molar-refractivity contribution in [1.82, 2.24) is 9.55 Å². The van der Waals surface area contributed by atoms with Gasteiger partial charge in [-0.05, 0) is 18.8 Å². The minimum Gasteiger partial charge on any atom is -0.355 e. The molecule has 0 fully saturated rings. The van der Waals surface area contributed by atoms with Gasteiger partial charge < -0.3 is 9.88 Å². The fourth-order valence-electron chi connectivity index (χ4n) is 1.45. The highest BCUT2D eigenvalue weighted by molar-refractivity contribution is 5.29. The van der Waals surface area contributed by atoms with Crippen molar-refractivity contribution >= 4 is 5.95 Å². The minimum absolute atomic E-state index is 0.647. The quantitative estimate of drug-likeness (QED) is 0.748. The predicted molar refractivity (Wildman–Crippen MR) is 69.7 cm³/mol. The minimum atomic E-state index is 0.647. The summed E-state index contributed by atoms with van der Waals surface area (Å²) in [4.78, 5) is 4.46. The molecule has 90 valence electrons. The molecule has 1 N–H and O–H groups in total. The van der Waals surface area contributed by atoms with Crippen molar-refractivity contribution in [2.24, 2.45) is 11.8 Å². The second kappa shape index (κ2) is 5.73. The summed E-state index contributed by atoms with van der Waals surface area (Å²) >= 11 is 0. The molecule has 1 unspecified atom stereocenters. The zero-order valence-electron chi connectivity index (χ0n) is 10.8. The summed E-state index contributed by atoms with van der Waals surface area (Å²) in [6.45, 7) is 14.3. The SMILES string of the molecule is C=CCn1cc(C)nc1NCC(C)C(C)C. The molecule has 3 heteroatoms. The Morgan fingerprint density at radius 1 is 1.50 bits per heavy atom. The van der Waals surface area contributed by atoms with Gasteiger partial charge in [0.15, 0.2) is 0 Å². The van der Waals surface area contributed by atoms with Crippen molar-refractivity contribution in [2.45, 2.75) is 34.2 Å². The average molecular weight is 221 g/mol. The molecule has 16 heavy (non-hydrogen) atoms. The molecule has 0 saturated carbocycles. The highest BCUT2D eigenvalue weighted by Crippen LogP contribution is 2.13. The van der Waals surface area contributed by atoms with Crippen LogP contribution in [-0.2, 0) is 6.54 Å². The molecule has 1 atom stereocenters. The maximum atomic E-state index is 4.46. The number of aromatic nitrogens is 2. The van der Waals surface area contributed by atoms with Crippen molar-refractivity contribution in [1.29, 1.82) is 0 Å². The van der Waals surface area contributed by atoms with Crippen LogP contribution in [0.25, 0.3) is 0 Å². The lowest BCUT2D eigenvalue weighted by Crippen LogP contribution is -2.18. The molecule has 1 aromatic heterocycles. The van der Waals surface area contributed by atoms with E-state index >= 15 is 0 Å². The van der Waals surface area contributed by atoms with E-state index in [1.165, 1.54) is 0 Å². The zero-order valence-corrected chi connectivity index (χ0v) is 10.8. The van der Waals surface area contributed by atoms with Crippen molar-refractivity contribution in [3.05, 3.63) is 24.5 Å². The van der Waals surface area contributed by atoms with Gasteiger partial charge in [-0.1, -0.05) is 26.8 Å². The number of hydrogen-bond acceptors (Lipinski definition) is 2. The maximum Gasteiger partial charge on any atom is 0.203 e. The monoisotopic (exact) mass is 221 g/mol. The molecule has 3 nitrogen and oxygen atoms in total. The smallest absolute Gasteiger partial charge is 0.203 e. The van der Waals surface area contributed by atoms with E-state index in [1.807, 2.05) is 19.2 Å². The van der Waals surface area contributed by atoms with Crippen molar-refractivity contribution in [2.75, 3.05) is 11.9 Å². The van der Waals surface area contributed by atoms with Gasteiger partial charge in [-0.25, -0.2) is 4.98 Å². The topological polar surface area (TPSA) is 29.9 Å². The second-order valence-corrected chi connectivity index (χ2v) is 4.75. The third-order valence-electron chi connectivity index (χ3n) is 2.94. The first kappa shape index (κ1) is 12.8. The van der Waals surface area contributed by atoms with E-state index in [-0.39, 0.29) is 0 Å². The molecule has 0 aliphatic rings. The van der Waals surface area contributed by atoms with E-state index in [1.54, 1.807) is 0 Å². The number of allylic oxidation sites excluding steroid dienone is 1. The van der Waals surface area contributed by atoms with Crippen molar-refractivity contribution in [3.63, 3.8) is 0 Å². The molecule has 0 aromatic carbocycles. The van der Waals surface area contributed by atoms with Gasteiger partial charge in [-0.15, -0.1) is 6.58 Å². The number of hydrogen-bond donors (Lipinski definition) is 1. The first-order valence-electron chi connectivity index (χ1n) is 5.93. The van der Waals surface area contributed by atoms with E-state index in [0.717, 1.165) is 24.7 Å². The fraction of sp³-hybridized carbons (Fsp3) is 0.615. The van der Waals surface area contributed by atoms with E-state index < -0.39 is 0 Å². The predicted octanol–water partition coefficient (Wildman–Crippen LogP) is 3.08. The van der Waals surface area contributed by atoms with Gasteiger partial charge in [0.25, 0.3) is 0 Å². The largest absolute Gasteiger partial charge is 0.355 e. The van der Waals surface area contributed by atoms with Crippen LogP contribution in [0.1, 0.15) is 26.5 Å². The summed E-state index contributed by atoms with van der Waals surface area (Å²) in [7, 11) is 0. The van der Waals surface area contributed by atoms with Crippen molar-refractivity contribution in [3.8, 4) is 0 Å². The maximum absolute atomic E-state index is 4.46. The molecule has 1 rings (SSSR count). The first-order chi connectivity index (χ1) is 7.54. The summed E-state index contributed by atoms with van der Waals surface area (Å²) in [6.07, 6.45) is 3.93. The summed E-state index contributed by atoms with van der Waals surface area (Å²) in [5, 5.41) is 3.40. The third-order valence-corrected chi connectivity index (χ3v) is 2.94. The van der Waals surface area contributed by atoms with Crippen LogP contribution in [0.2, 0.25) is 0 Å². The van der Waals surface area contributed by atoms with Crippen LogP contribution in [0.4, 0.5) is 5.95 Å². The van der Waals surface area contributed by atoms with Crippen LogP contribution < -0.4 is 5.32 Å². The summed E-state index contributed by atoms with van der Waals surface area (Å²) in [5.74, 6) is 2.29. The fourth-order valence-corrected chi connectivity index (χ4v) is 1.45. The van der Waals surface area contributed by atoms with Crippen LogP contribution in [0.15, 0.2) is 18.9 Å². The summed E-state index contributed by atoms with van der Waals surface area (Å²) < 4.78 is 2.09. The van der Waals surface area contributed by atoms with E-state index in [4.69, 9.17) is 0 Å². The summed E-state index contributed by atoms with van der Waals surface area (Å²) in [6, 6.07) is 0.